The number of Topliss-reactive ketones (excluding diaryl/α,β-unsaturated/α-hetero) is 1. The van der Waals surface area contributed by atoms with Gasteiger partial charge in [0.2, 0.25) is 0 Å². The Balaban J connectivity index is 2.06. The molecule has 0 aromatic heterocycles. The van der Waals surface area contributed by atoms with E-state index in [1.807, 2.05) is 25.1 Å². The zero-order valence-corrected chi connectivity index (χ0v) is 20.6. The fourth-order valence-corrected chi connectivity index (χ4v) is 5.06. The van der Waals surface area contributed by atoms with Crippen LogP contribution in [0, 0.1) is 5.41 Å². The summed E-state index contributed by atoms with van der Waals surface area (Å²) < 4.78 is 11.8. The van der Waals surface area contributed by atoms with E-state index in [-0.39, 0.29) is 17.2 Å². The lowest BCUT2D eigenvalue weighted by molar-refractivity contribution is -0.139. The number of unbranched alkanes of at least 4 members (excludes halogenated alkanes) is 2. The summed E-state index contributed by atoms with van der Waals surface area (Å²) in [6.45, 7) is 8.60. The highest BCUT2D eigenvalue weighted by atomic mass is 79.9. The van der Waals surface area contributed by atoms with Crippen molar-refractivity contribution in [2.45, 2.75) is 65.7 Å². The van der Waals surface area contributed by atoms with Crippen LogP contribution >= 0.6 is 15.9 Å². The predicted octanol–water partition coefficient (Wildman–Crippen LogP) is 5.80. The van der Waals surface area contributed by atoms with Crippen LogP contribution in [0.25, 0.3) is 0 Å². The molecule has 1 aromatic rings. The van der Waals surface area contributed by atoms with Crippen LogP contribution in [-0.4, -0.2) is 25.5 Å². The van der Waals surface area contributed by atoms with Crippen molar-refractivity contribution in [2.75, 3.05) is 13.7 Å². The summed E-state index contributed by atoms with van der Waals surface area (Å²) in [5, 5.41) is 3.37. The maximum atomic E-state index is 13.3. The highest BCUT2D eigenvalue weighted by Crippen LogP contribution is 2.47. The van der Waals surface area contributed by atoms with Crippen molar-refractivity contribution in [3.05, 3.63) is 50.8 Å². The number of hydrogen-bond donors (Lipinski definition) is 1. The smallest absolute Gasteiger partial charge is 0.336 e. The summed E-state index contributed by atoms with van der Waals surface area (Å²) in [7, 11) is 1.61. The van der Waals surface area contributed by atoms with Crippen molar-refractivity contribution in [1.82, 2.24) is 5.32 Å². The first-order chi connectivity index (χ1) is 14.7. The fourth-order valence-electron chi connectivity index (χ4n) is 4.50. The highest BCUT2D eigenvalue weighted by molar-refractivity contribution is 9.10. The molecule has 1 aliphatic heterocycles. The van der Waals surface area contributed by atoms with E-state index in [0.29, 0.717) is 29.9 Å². The second-order valence-electron chi connectivity index (χ2n) is 9.17. The molecular weight excluding hydrogens is 458 g/mol. The van der Waals surface area contributed by atoms with Gasteiger partial charge in [0.05, 0.1) is 23.8 Å². The number of methoxy groups -OCH3 is 1. The maximum absolute atomic E-state index is 13.3. The molecule has 0 unspecified atom stereocenters. The topological polar surface area (TPSA) is 64.6 Å². The fraction of sp³-hybridized carbons (Fsp3) is 0.520. The number of rotatable bonds is 7. The molecule has 31 heavy (non-hydrogen) atoms. The molecule has 5 nitrogen and oxygen atoms in total. The highest BCUT2D eigenvalue weighted by Gasteiger charge is 2.43. The van der Waals surface area contributed by atoms with Gasteiger partial charge in [0, 0.05) is 29.3 Å². The summed E-state index contributed by atoms with van der Waals surface area (Å²) in [6, 6.07) is 5.72. The van der Waals surface area contributed by atoms with Crippen molar-refractivity contribution in [3.8, 4) is 5.75 Å². The average molecular weight is 490 g/mol. The standard InChI is InChI=1S/C25H32BrNO4/c1-6-7-8-11-31-24(29)21-15(2)27-18-13-25(3,4)14-19(28)23(18)22(21)16-9-10-20(30-5)17(26)12-16/h9-10,12,22,27H,6-8,11,13-14H2,1-5H3/t22-/m0/s1. The van der Waals surface area contributed by atoms with Gasteiger partial charge in [-0.2, -0.15) is 0 Å². The van der Waals surface area contributed by atoms with Gasteiger partial charge >= 0.3 is 5.97 Å². The molecule has 0 radical (unpaired) electrons. The minimum atomic E-state index is -0.458. The van der Waals surface area contributed by atoms with E-state index >= 15 is 0 Å². The summed E-state index contributed by atoms with van der Waals surface area (Å²) in [6.07, 6.45) is 4.13. The van der Waals surface area contributed by atoms with E-state index in [2.05, 4.69) is 42.0 Å². The Morgan fingerprint density at radius 1 is 1.26 bits per heavy atom. The molecule has 0 fully saturated rings. The molecule has 0 saturated heterocycles. The van der Waals surface area contributed by atoms with Crippen LogP contribution in [0.2, 0.25) is 0 Å². The summed E-state index contributed by atoms with van der Waals surface area (Å²) >= 11 is 3.55. The lowest BCUT2D eigenvalue weighted by Gasteiger charge is -2.39. The van der Waals surface area contributed by atoms with Gasteiger partial charge in [0.25, 0.3) is 0 Å². The molecule has 3 rings (SSSR count). The first-order valence-corrected chi connectivity index (χ1v) is 11.7. The normalized spacial score (nSPS) is 20.3. The number of nitrogens with one attached hydrogen (secondary N) is 1. The van der Waals surface area contributed by atoms with Crippen molar-refractivity contribution < 1.29 is 19.1 Å². The average Bonchev–Trinajstić information content (AvgIpc) is 2.69. The molecule has 2 aliphatic rings. The monoisotopic (exact) mass is 489 g/mol. The Morgan fingerprint density at radius 3 is 2.65 bits per heavy atom. The number of ketones is 1. The van der Waals surface area contributed by atoms with Gasteiger partial charge in [0.1, 0.15) is 5.75 Å². The number of esters is 1. The van der Waals surface area contributed by atoms with Gasteiger partial charge < -0.3 is 14.8 Å². The number of halogens is 1. The molecule has 0 spiro atoms. The van der Waals surface area contributed by atoms with Crippen molar-refractivity contribution in [1.29, 1.82) is 0 Å². The third kappa shape index (κ3) is 5.05. The molecule has 1 aliphatic carbocycles. The van der Waals surface area contributed by atoms with Crippen molar-refractivity contribution in [2.24, 2.45) is 5.41 Å². The number of carbonyl (C=O) groups is 2. The van der Waals surface area contributed by atoms with E-state index in [0.717, 1.165) is 47.1 Å². The van der Waals surface area contributed by atoms with Gasteiger partial charge in [-0.05, 0) is 58.8 Å². The van der Waals surface area contributed by atoms with Crippen LogP contribution in [0.5, 0.6) is 5.75 Å². The molecule has 6 heteroatoms. The van der Waals surface area contributed by atoms with Gasteiger partial charge in [-0.25, -0.2) is 4.79 Å². The molecule has 0 saturated carbocycles. The first kappa shape index (κ1) is 23.6. The molecule has 1 aromatic carbocycles. The molecular formula is C25H32BrNO4. The second kappa shape index (κ2) is 9.60. The van der Waals surface area contributed by atoms with Crippen molar-refractivity contribution in [3.63, 3.8) is 0 Å². The van der Waals surface area contributed by atoms with Crippen LogP contribution in [0.4, 0.5) is 0 Å². The third-order valence-corrected chi connectivity index (χ3v) is 6.57. The van der Waals surface area contributed by atoms with Gasteiger partial charge in [-0.15, -0.1) is 0 Å². The molecule has 1 heterocycles. The van der Waals surface area contributed by atoms with Crippen LogP contribution in [0.3, 0.4) is 0 Å². The first-order valence-electron chi connectivity index (χ1n) is 10.9. The summed E-state index contributed by atoms with van der Waals surface area (Å²) in [4.78, 5) is 26.5. The summed E-state index contributed by atoms with van der Waals surface area (Å²) in [5.74, 6) is -0.0326. The Labute approximate surface area is 193 Å². The minimum Gasteiger partial charge on any atom is -0.496 e. The number of carbonyl (C=O) groups excluding carboxylic acids is 2. The SMILES string of the molecule is CCCCCOC(=O)C1=C(C)NC2=C(C(=O)CC(C)(C)C2)[C@H]1c1ccc(OC)c(Br)c1. The molecule has 0 amide bonds. The predicted molar refractivity (Wildman–Crippen MR) is 125 cm³/mol. The van der Waals surface area contributed by atoms with Crippen LogP contribution in [-0.2, 0) is 14.3 Å². The van der Waals surface area contributed by atoms with Crippen LogP contribution in [0.15, 0.2) is 45.2 Å². The van der Waals surface area contributed by atoms with Gasteiger partial charge in [-0.3, -0.25) is 4.79 Å². The lowest BCUT2D eigenvalue weighted by Crippen LogP contribution is -2.38. The van der Waals surface area contributed by atoms with Crippen molar-refractivity contribution >= 4 is 27.7 Å². The molecule has 0 bridgehead atoms. The number of benzene rings is 1. The van der Waals surface area contributed by atoms with E-state index in [9.17, 15) is 9.59 Å². The summed E-state index contributed by atoms with van der Waals surface area (Å²) in [5.41, 5.74) is 3.62. The molecule has 168 valence electrons. The van der Waals surface area contributed by atoms with E-state index in [4.69, 9.17) is 9.47 Å². The lowest BCUT2D eigenvalue weighted by atomic mass is 9.68. The Kier molecular flexibility index (Phi) is 7.30. The number of ether oxygens (including phenoxy) is 2. The van der Waals surface area contributed by atoms with E-state index < -0.39 is 5.92 Å². The zero-order chi connectivity index (χ0) is 22.8. The molecule has 1 N–H and O–H groups in total. The van der Waals surface area contributed by atoms with Gasteiger partial charge in [-0.1, -0.05) is 39.7 Å². The Hall–Kier alpha value is -2.08. The quantitative estimate of drug-likeness (QED) is 0.387. The third-order valence-electron chi connectivity index (χ3n) is 5.95. The second-order valence-corrected chi connectivity index (χ2v) is 10.0. The Morgan fingerprint density at radius 2 is 2.00 bits per heavy atom. The van der Waals surface area contributed by atoms with Crippen LogP contribution < -0.4 is 10.1 Å². The number of hydrogen-bond acceptors (Lipinski definition) is 5. The number of allylic oxidation sites excluding steroid dienone is 3. The number of dihydropyridines is 1. The van der Waals surface area contributed by atoms with E-state index in [1.165, 1.54) is 0 Å². The molecule has 1 atom stereocenters. The van der Waals surface area contributed by atoms with Gasteiger partial charge in [0.15, 0.2) is 5.78 Å². The van der Waals surface area contributed by atoms with E-state index in [1.54, 1.807) is 7.11 Å². The zero-order valence-electron chi connectivity index (χ0n) is 19.1. The van der Waals surface area contributed by atoms with Crippen LogP contribution in [0.1, 0.15) is 71.3 Å². The Bertz CT molecular complexity index is 945. The largest absolute Gasteiger partial charge is 0.496 e. The minimum absolute atomic E-state index is 0.0828. The maximum Gasteiger partial charge on any atom is 0.336 e.